The molecule has 0 aliphatic heterocycles. The standard InChI is InChI=1S/C8H5BrClNO4S/c9-8-2-1-6(14-8)7-3-5(11-15-7)4-16(10,12)13/h1-3H,4H2. The molecule has 16 heavy (non-hydrogen) atoms. The summed E-state index contributed by atoms with van der Waals surface area (Å²) in [6, 6.07) is 4.82. The highest BCUT2D eigenvalue weighted by atomic mass is 79.9. The third-order valence-electron chi connectivity index (χ3n) is 1.70. The van der Waals surface area contributed by atoms with Gasteiger partial charge in [-0.25, -0.2) is 8.42 Å². The summed E-state index contributed by atoms with van der Waals surface area (Å²) in [5.41, 5.74) is 0.234. The van der Waals surface area contributed by atoms with Gasteiger partial charge in [0.1, 0.15) is 11.4 Å². The fraction of sp³-hybridized carbons (Fsp3) is 0.125. The Morgan fingerprint density at radius 1 is 1.38 bits per heavy atom. The van der Waals surface area contributed by atoms with Gasteiger partial charge in [0.05, 0.1) is 0 Å². The number of hydrogen-bond donors (Lipinski definition) is 0. The van der Waals surface area contributed by atoms with Gasteiger partial charge >= 0.3 is 0 Å². The Morgan fingerprint density at radius 3 is 2.69 bits per heavy atom. The van der Waals surface area contributed by atoms with E-state index < -0.39 is 9.05 Å². The zero-order valence-electron chi connectivity index (χ0n) is 7.68. The third kappa shape index (κ3) is 2.87. The van der Waals surface area contributed by atoms with E-state index in [1.807, 2.05) is 0 Å². The summed E-state index contributed by atoms with van der Waals surface area (Å²) in [7, 11) is 1.46. The van der Waals surface area contributed by atoms with Crippen molar-refractivity contribution in [3.63, 3.8) is 0 Å². The zero-order chi connectivity index (χ0) is 11.8. The van der Waals surface area contributed by atoms with Gasteiger partial charge < -0.3 is 8.94 Å². The SMILES string of the molecule is O=S(=O)(Cl)Cc1cc(-c2ccc(Br)o2)on1. The first-order valence-corrected chi connectivity index (χ1v) is 7.35. The van der Waals surface area contributed by atoms with E-state index in [-0.39, 0.29) is 11.4 Å². The van der Waals surface area contributed by atoms with Crippen LogP contribution in [0.5, 0.6) is 0 Å². The predicted molar refractivity (Wildman–Crippen MR) is 60.4 cm³/mol. The van der Waals surface area contributed by atoms with Crippen molar-refractivity contribution >= 4 is 35.7 Å². The zero-order valence-corrected chi connectivity index (χ0v) is 10.8. The molecule has 2 aromatic heterocycles. The maximum absolute atomic E-state index is 10.8. The molecule has 2 heterocycles. The summed E-state index contributed by atoms with van der Waals surface area (Å²) < 4.78 is 32.3. The van der Waals surface area contributed by atoms with Gasteiger partial charge in [0.25, 0.3) is 0 Å². The van der Waals surface area contributed by atoms with Crippen molar-refractivity contribution in [3.05, 3.63) is 28.6 Å². The first-order chi connectivity index (χ1) is 7.44. The van der Waals surface area contributed by atoms with Crippen molar-refractivity contribution in [3.8, 4) is 11.5 Å². The van der Waals surface area contributed by atoms with E-state index in [1.54, 1.807) is 12.1 Å². The second-order valence-corrected chi connectivity index (χ2v) is 6.53. The average Bonchev–Trinajstić information content (AvgIpc) is 2.71. The lowest BCUT2D eigenvalue weighted by molar-refractivity contribution is 0.410. The summed E-state index contributed by atoms with van der Waals surface area (Å²) in [6.07, 6.45) is 0. The molecule has 86 valence electrons. The number of aromatic nitrogens is 1. The molecule has 0 spiro atoms. The minimum Gasteiger partial charge on any atom is -0.446 e. The second kappa shape index (κ2) is 4.23. The smallest absolute Gasteiger partial charge is 0.238 e. The van der Waals surface area contributed by atoms with Gasteiger partial charge in [0.15, 0.2) is 10.4 Å². The van der Waals surface area contributed by atoms with Crippen LogP contribution in [0.1, 0.15) is 5.69 Å². The number of furan rings is 1. The molecule has 0 saturated carbocycles. The minimum atomic E-state index is -3.63. The highest BCUT2D eigenvalue weighted by molar-refractivity contribution is 9.10. The number of hydrogen-bond acceptors (Lipinski definition) is 5. The van der Waals surface area contributed by atoms with Crippen molar-refractivity contribution in [2.45, 2.75) is 5.75 Å². The fourth-order valence-corrected chi connectivity index (χ4v) is 2.25. The van der Waals surface area contributed by atoms with Crippen LogP contribution in [0.15, 0.2) is 31.8 Å². The molecule has 0 amide bonds. The van der Waals surface area contributed by atoms with Crippen molar-refractivity contribution in [2.75, 3.05) is 0 Å². The van der Waals surface area contributed by atoms with Crippen LogP contribution in [0.4, 0.5) is 0 Å². The van der Waals surface area contributed by atoms with Gasteiger partial charge in [-0.1, -0.05) is 5.16 Å². The van der Waals surface area contributed by atoms with Crippen LogP contribution >= 0.6 is 26.6 Å². The summed E-state index contributed by atoms with van der Waals surface area (Å²) in [6.45, 7) is 0. The van der Waals surface area contributed by atoms with Gasteiger partial charge in [-0.2, -0.15) is 0 Å². The largest absolute Gasteiger partial charge is 0.446 e. The molecule has 0 saturated heterocycles. The highest BCUT2D eigenvalue weighted by Crippen LogP contribution is 2.26. The normalized spacial score (nSPS) is 11.9. The van der Waals surface area contributed by atoms with Crippen molar-refractivity contribution < 1.29 is 17.4 Å². The molecule has 5 nitrogen and oxygen atoms in total. The van der Waals surface area contributed by atoms with Gasteiger partial charge in [0, 0.05) is 16.7 Å². The predicted octanol–water partition coefficient (Wildman–Crippen LogP) is 2.77. The maximum Gasteiger partial charge on any atom is 0.238 e. The van der Waals surface area contributed by atoms with Crippen LogP contribution in [0.25, 0.3) is 11.5 Å². The van der Waals surface area contributed by atoms with Crippen molar-refractivity contribution in [1.82, 2.24) is 5.16 Å². The number of rotatable bonds is 3. The lowest BCUT2D eigenvalue weighted by Gasteiger charge is -1.87. The Balaban J connectivity index is 2.26. The van der Waals surface area contributed by atoms with Crippen LogP contribution in [0.2, 0.25) is 0 Å². The van der Waals surface area contributed by atoms with Crippen molar-refractivity contribution in [1.29, 1.82) is 0 Å². The van der Waals surface area contributed by atoms with Gasteiger partial charge in [-0.05, 0) is 28.1 Å². The lowest BCUT2D eigenvalue weighted by atomic mass is 10.3. The van der Waals surface area contributed by atoms with Crippen LogP contribution < -0.4 is 0 Å². The third-order valence-corrected chi connectivity index (χ3v) is 3.09. The molecule has 0 fully saturated rings. The van der Waals surface area contributed by atoms with Crippen LogP contribution in [0, 0.1) is 0 Å². The highest BCUT2D eigenvalue weighted by Gasteiger charge is 2.14. The number of halogens is 2. The molecule has 8 heteroatoms. The van der Waals surface area contributed by atoms with E-state index in [0.29, 0.717) is 16.2 Å². The first kappa shape index (κ1) is 11.7. The first-order valence-electron chi connectivity index (χ1n) is 4.08. The molecule has 0 aliphatic rings. The van der Waals surface area contributed by atoms with Gasteiger partial charge in [-0.15, -0.1) is 0 Å². The molecule has 0 atom stereocenters. The van der Waals surface area contributed by atoms with Gasteiger partial charge in [-0.3, -0.25) is 0 Å². The molecule has 0 unspecified atom stereocenters. The molecule has 2 aromatic rings. The average molecular weight is 327 g/mol. The van der Waals surface area contributed by atoms with Crippen LogP contribution in [-0.4, -0.2) is 13.6 Å². The second-order valence-electron chi connectivity index (χ2n) is 2.97. The Labute approximate surface area is 104 Å². The van der Waals surface area contributed by atoms with E-state index in [0.717, 1.165) is 0 Å². The summed E-state index contributed by atoms with van der Waals surface area (Å²) in [4.78, 5) is 0. The number of nitrogens with zero attached hydrogens (tertiary/aromatic N) is 1. The Morgan fingerprint density at radius 2 is 2.12 bits per heavy atom. The molecule has 0 aliphatic carbocycles. The quantitative estimate of drug-likeness (QED) is 0.811. The lowest BCUT2D eigenvalue weighted by Crippen LogP contribution is -1.94. The summed E-state index contributed by atoms with van der Waals surface area (Å²) >= 11 is 3.14. The van der Waals surface area contributed by atoms with Crippen LogP contribution in [0.3, 0.4) is 0 Å². The van der Waals surface area contributed by atoms with Crippen molar-refractivity contribution in [2.24, 2.45) is 0 Å². The molecule has 0 N–H and O–H groups in total. The summed E-state index contributed by atoms with van der Waals surface area (Å²) in [5, 5.41) is 3.57. The van der Waals surface area contributed by atoms with E-state index in [9.17, 15) is 8.42 Å². The molecule has 0 radical (unpaired) electrons. The molecule has 0 aromatic carbocycles. The molecule has 2 rings (SSSR count). The monoisotopic (exact) mass is 325 g/mol. The molecular weight excluding hydrogens is 322 g/mol. The Hall–Kier alpha value is -0.790. The van der Waals surface area contributed by atoms with E-state index in [4.69, 9.17) is 19.6 Å². The minimum absolute atomic E-state index is 0.234. The Kier molecular flexibility index (Phi) is 3.09. The summed E-state index contributed by atoms with van der Waals surface area (Å²) in [5.74, 6) is 0.429. The fourth-order valence-electron chi connectivity index (χ4n) is 1.12. The van der Waals surface area contributed by atoms with Crippen LogP contribution in [-0.2, 0) is 14.8 Å². The van der Waals surface area contributed by atoms with E-state index >= 15 is 0 Å². The maximum atomic E-state index is 10.8. The topological polar surface area (TPSA) is 73.3 Å². The van der Waals surface area contributed by atoms with E-state index in [2.05, 4.69) is 21.1 Å². The van der Waals surface area contributed by atoms with E-state index in [1.165, 1.54) is 6.07 Å². The Bertz CT molecular complexity index is 603. The molecular formula is C8H5BrClNO4S. The molecule has 0 bridgehead atoms. The van der Waals surface area contributed by atoms with Gasteiger partial charge in [0.2, 0.25) is 14.8 Å².